The van der Waals surface area contributed by atoms with Crippen LogP contribution in [0.15, 0.2) is 18.2 Å². The first kappa shape index (κ1) is 14.2. The molecule has 0 bridgehead atoms. The monoisotopic (exact) mass is 281 g/mol. The van der Waals surface area contributed by atoms with Gasteiger partial charge >= 0.3 is 0 Å². The first-order valence-corrected chi connectivity index (χ1v) is 7.44. The molecule has 0 aromatic heterocycles. The van der Waals surface area contributed by atoms with Crippen LogP contribution in [0.3, 0.4) is 0 Å². The van der Waals surface area contributed by atoms with Crippen LogP contribution in [0.4, 0.5) is 5.69 Å². The Morgan fingerprint density at radius 1 is 1.16 bits per heavy atom. The second kappa shape index (κ2) is 7.39. The van der Waals surface area contributed by atoms with Gasteiger partial charge in [-0.15, -0.1) is 11.6 Å². The number of aryl methyl sites for hydroxylation is 1. The van der Waals surface area contributed by atoms with Crippen LogP contribution >= 0.6 is 11.6 Å². The van der Waals surface area contributed by atoms with Gasteiger partial charge in [0.15, 0.2) is 0 Å². The van der Waals surface area contributed by atoms with E-state index < -0.39 is 0 Å². The first-order chi connectivity index (χ1) is 9.29. The average molecular weight is 282 g/mol. The van der Waals surface area contributed by atoms with Crippen molar-refractivity contribution in [1.29, 1.82) is 0 Å². The number of carbonyl (C=O) groups is 1. The lowest BCUT2D eigenvalue weighted by Gasteiger charge is -2.17. The molecule has 0 saturated heterocycles. The van der Waals surface area contributed by atoms with Gasteiger partial charge in [0.1, 0.15) is 5.75 Å². The largest absolute Gasteiger partial charge is 0.494 e. The lowest BCUT2D eigenvalue weighted by molar-refractivity contribution is -0.116. The van der Waals surface area contributed by atoms with Gasteiger partial charge in [0.2, 0.25) is 5.91 Å². The molecule has 19 heavy (non-hydrogen) atoms. The fraction of sp³-hybridized carbons (Fsp3) is 0.533. The van der Waals surface area contributed by atoms with Crippen LogP contribution in [0.2, 0.25) is 0 Å². The van der Waals surface area contributed by atoms with Gasteiger partial charge in [-0.25, -0.2) is 0 Å². The predicted molar refractivity (Wildman–Crippen MR) is 78.1 cm³/mol. The summed E-state index contributed by atoms with van der Waals surface area (Å²) in [5.41, 5.74) is 2.09. The van der Waals surface area contributed by atoms with Gasteiger partial charge in [-0.1, -0.05) is 18.9 Å². The van der Waals surface area contributed by atoms with E-state index in [-0.39, 0.29) is 5.91 Å². The maximum absolute atomic E-state index is 11.3. The summed E-state index contributed by atoms with van der Waals surface area (Å²) < 4.78 is 5.70. The quantitative estimate of drug-likeness (QED) is 0.611. The molecule has 0 spiro atoms. The summed E-state index contributed by atoms with van der Waals surface area (Å²) in [6, 6.07) is 5.94. The van der Waals surface area contributed by atoms with E-state index >= 15 is 0 Å². The van der Waals surface area contributed by atoms with E-state index in [2.05, 4.69) is 5.32 Å². The first-order valence-electron chi connectivity index (χ1n) is 6.91. The van der Waals surface area contributed by atoms with E-state index in [1.165, 1.54) is 5.56 Å². The Balaban J connectivity index is 1.78. The van der Waals surface area contributed by atoms with Gasteiger partial charge in [-0.3, -0.25) is 4.79 Å². The maximum Gasteiger partial charge on any atom is 0.224 e. The molecule has 0 radical (unpaired) electrons. The van der Waals surface area contributed by atoms with Crippen molar-refractivity contribution in [1.82, 2.24) is 0 Å². The number of halogens is 1. The Morgan fingerprint density at radius 2 is 2.00 bits per heavy atom. The molecule has 1 amide bonds. The number of unbranched alkanes of at least 4 members (excludes halogenated alkanes) is 3. The number of fused-ring (bicyclic) bond motifs is 1. The van der Waals surface area contributed by atoms with E-state index in [1.54, 1.807) is 0 Å². The lowest BCUT2D eigenvalue weighted by atomic mass is 10.0. The highest BCUT2D eigenvalue weighted by molar-refractivity contribution is 6.17. The van der Waals surface area contributed by atoms with Crippen molar-refractivity contribution in [2.75, 3.05) is 17.8 Å². The molecule has 0 atom stereocenters. The van der Waals surface area contributed by atoms with Crippen LogP contribution in [-0.2, 0) is 11.2 Å². The van der Waals surface area contributed by atoms with Gasteiger partial charge < -0.3 is 10.1 Å². The van der Waals surface area contributed by atoms with Crippen LogP contribution in [0, 0.1) is 0 Å². The number of hydrogen-bond acceptors (Lipinski definition) is 2. The van der Waals surface area contributed by atoms with Crippen molar-refractivity contribution < 1.29 is 9.53 Å². The van der Waals surface area contributed by atoms with E-state index in [9.17, 15) is 4.79 Å². The zero-order valence-corrected chi connectivity index (χ0v) is 11.8. The van der Waals surface area contributed by atoms with Crippen LogP contribution in [0.25, 0.3) is 0 Å². The molecule has 3 nitrogen and oxygen atoms in total. The Morgan fingerprint density at radius 3 is 2.84 bits per heavy atom. The third-order valence-corrected chi connectivity index (χ3v) is 3.54. The third-order valence-electron chi connectivity index (χ3n) is 3.27. The number of carbonyl (C=O) groups excluding carboxylic acids is 1. The van der Waals surface area contributed by atoms with E-state index in [1.807, 2.05) is 18.2 Å². The number of ether oxygens (including phenoxy) is 1. The number of hydrogen-bond donors (Lipinski definition) is 1. The van der Waals surface area contributed by atoms with E-state index in [0.29, 0.717) is 6.42 Å². The minimum Gasteiger partial charge on any atom is -0.494 e. The number of rotatable bonds is 7. The lowest BCUT2D eigenvalue weighted by Crippen LogP contribution is -2.18. The normalized spacial score (nSPS) is 13.8. The maximum atomic E-state index is 11.3. The number of anilines is 1. The number of alkyl halides is 1. The zero-order valence-electron chi connectivity index (χ0n) is 11.1. The van der Waals surface area contributed by atoms with Crippen molar-refractivity contribution in [2.45, 2.75) is 38.5 Å². The Kier molecular flexibility index (Phi) is 5.52. The van der Waals surface area contributed by atoms with Gasteiger partial charge in [0, 0.05) is 24.1 Å². The highest BCUT2D eigenvalue weighted by Gasteiger charge is 2.14. The minimum atomic E-state index is 0.0886. The molecule has 0 unspecified atom stereocenters. The topological polar surface area (TPSA) is 38.3 Å². The van der Waals surface area contributed by atoms with Gasteiger partial charge in [0.25, 0.3) is 0 Å². The van der Waals surface area contributed by atoms with Crippen LogP contribution in [0.1, 0.15) is 37.7 Å². The van der Waals surface area contributed by atoms with Crippen molar-refractivity contribution in [3.05, 3.63) is 23.8 Å². The van der Waals surface area contributed by atoms with Crippen LogP contribution in [-0.4, -0.2) is 18.4 Å². The minimum absolute atomic E-state index is 0.0886. The molecule has 0 fully saturated rings. The predicted octanol–water partition coefficient (Wildman–Crippen LogP) is 3.75. The summed E-state index contributed by atoms with van der Waals surface area (Å²) in [4.78, 5) is 11.3. The smallest absolute Gasteiger partial charge is 0.224 e. The van der Waals surface area contributed by atoms with Gasteiger partial charge in [0.05, 0.1) is 6.61 Å². The highest BCUT2D eigenvalue weighted by Crippen LogP contribution is 2.27. The summed E-state index contributed by atoms with van der Waals surface area (Å²) in [6.07, 6.45) is 5.82. The second-order valence-corrected chi connectivity index (χ2v) is 5.20. The van der Waals surface area contributed by atoms with Crippen LogP contribution in [0.5, 0.6) is 5.75 Å². The molecular weight excluding hydrogens is 262 g/mol. The van der Waals surface area contributed by atoms with Crippen molar-refractivity contribution >= 4 is 23.2 Å². The number of amides is 1. The SMILES string of the molecule is O=C1CCc2ccc(OCCCCCCCl)cc2N1. The molecule has 1 N–H and O–H groups in total. The number of nitrogens with one attached hydrogen (secondary N) is 1. The molecule has 2 rings (SSSR count). The van der Waals surface area contributed by atoms with Crippen molar-refractivity contribution in [3.8, 4) is 5.75 Å². The molecule has 1 aliphatic rings. The standard InChI is InChI=1S/C15H20ClNO2/c16-9-3-1-2-4-10-19-13-7-5-12-6-8-15(18)17-14(12)11-13/h5,7,11H,1-4,6,8-10H2,(H,17,18). The van der Waals surface area contributed by atoms with Crippen molar-refractivity contribution in [3.63, 3.8) is 0 Å². The fourth-order valence-electron chi connectivity index (χ4n) is 2.18. The Labute approximate surface area is 119 Å². The summed E-state index contributed by atoms with van der Waals surface area (Å²) >= 11 is 5.62. The molecule has 0 saturated carbocycles. The molecule has 1 aromatic carbocycles. The zero-order chi connectivity index (χ0) is 13.5. The summed E-state index contributed by atoms with van der Waals surface area (Å²) in [7, 11) is 0. The fourth-order valence-corrected chi connectivity index (χ4v) is 2.37. The molecule has 1 heterocycles. The Hall–Kier alpha value is -1.22. The second-order valence-electron chi connectivity index (χ2n) is 4.82. The summed E-state index contributed by atoms with van der Waals surface area (Å²) in [5, 5.41) is 2.88. The molecule has 1 aromatic rings. The molecular formula is C15H20ClNO2. The average Bonchev–Trinajstić information content (AvgIpc) is 2.42. The molecule has 104 valence electrons. The van der Waals surface area contributed by atoms with Crippen LogP contribution < -0.4 is 10.1 Å². The highest BCUT2D eigenvalue weighted by atomic mass is 35.5. The van der Waals surface area contributed by atoms with Gasteiger partial charge in [-0.05, 0) is 30.9 Å². The molecule has 1 aliphatic heterocycles. The third kappa shape index (κ3) is 4.43. The Bertz CT molecular complexity index is 434. The van der Waals surface area contributed by atoms with E-state index in [4.69, 9.17) is 16.3 Å². The van der Waals surface area contributed by atoms with Crippen molar-refractivity contribution in [2.24, 2.45) is 0 Å². The summed E-state index contributed by atoms with van der Waals surface area (Å²) in [6.45, 7) is 0.717. The summed E-state index contributed by atoms with van der Waals surface area (Å²) in [5.74, 6) is 1.66. The molecule has 4 heteroatoms. The van der Waals surface area contributed by atoms with E-state index in [0.717, 1.165) is 56.0 Å². The van der Waals surface area contributed by atoms with Gasteiger partial charge in [-0.2, -0.15) is 0 Å². The number of benzene rings is 1. The molecule has 0 aliphatic carbocycles.